The maximum absolute atomic E-state index is 3.66. The van der Waals surface area contributed by atoms with E-state index in [2.05, 4.69) is 13.2 Å². The standard InChI is InChI=1S/2C6H10/c2*1-4-5-6(2)3/h2*4-5H,2H2,1,3H3. The fourth-order valence-corrected chi connectivity index (χ4v) is 0.569. The highest BCUT2D eigenvalue weighted by molar-refractivity contribution is 5.09. The van der Waals surface area contributed by atoms with Crippen LogP contribution in [-0.4, -0.2) is 0 Å². The van der Waals surface area contributed by atoms with E-state index in [1.54, 1.807) is 0 Å². The van der Waals surface area contributed by atoms with Crippen LogP contribution in [0.2, 0.25) is 0 Å². The topological polar surface area (TPSA) is 0 Å². The molecule has 0 aliphatic rings. The van der Waals surface area contributed by atoms with Gasteiger partial charge in [0.05, 0.1) is 0 Å². The van der Waals surface area contributed by atoms with Crippen LogP contribution in [0.3, 0.4) is 0 Å². The van der Waals surface area contributed by atoms with Crippen molar-refractivity contribution in [2.45, 2.75) is 27.7 Å². The van der Waals surface area contributed by atoms with Crippen molar-refractivity contribution in [1.82, 2.24) is 0 Å². The van der Waals surface area contributed by atoms with Gasteiger partial charge in [-0.25, -0.2) is 0 Å². The zero-order valence-electron chi connectivity index (χ0n) is 8.72. The molecule has 0 N–H and O–H groups in total. The fourth-order valence-electron chi connectivity index (χ4n) is 0.569. The second-order valence-electron chi connectivity index (χ2n) is 2.69. The average Bonchev–Trinajstić information content (AvgIpc) is 1.87. The molecule has 0 aromatic rings. The van der Waals surface area contributed by atoms with Crippen molar-refractivity contribution in [3.63, 3.8) is 0 Å². The van der Waals surface area contributed by atoms with E-state index in [9.17, 15) is 0 Å². The van der Waals surface area contributed by atoms with Crippen LogP contribution in [0, 0.1) is 0 Å². The lowest BCUT2D eigenvalue weighted by Crippen LogP contribution is -1.54. The third-order valence-electron chi connectivity index (χ3n) is 0.902. The number of hydrogen-bond acceptors (Lipinski definition) is 0. The maximum Gasteiger partial charge on any atom is -0.0404 e. The van der Waals surface area contributed by atoms with Crippen LogP contribution in [-0.2, 0) is 0 Å². The van der Waals surface area contributed by atoms with Crippen molar-refractivity contribution in [2.24, 2.45) is 0 Å². The van der Waals surface area contributed by atoms with E-state index < -0.39 is 0 Å². The number of hydrogen-bond donors (Lipinski definition) is 0. The van der Waals surface area contributed by atoms with Crippen LogP contribution < -0.4 is 0 Å². The first-order valence-electron chi connectivity index (χ1n) is 4.11. The molecule has 0 aromatic carbocycles. The normalized spacial score (nSPS) is 9.67. The van der Waals surface area contributed by atoms with Gasteiger partial charge >= 0.3 is 0 Å². The Balaban J connectivity index is 0. The molecule has 0 spiro atoms. The molecule has 0 aliphatic carbocycles. The smallest absolute Gasteiger partial charge is 0.0404 e. The lowest BCUT2D eigenvalue weighted by molar-refractivity contribution is 1.54. The molecule has 0 fully saturated rings. The summed E-state index contributed by atoms with van der Waals surface area (Å²) in [7, 11) is 0. The van der Waals surface area contributed by atoms with Gasteiger partial charge in [-0.15, -0.1) is 0 Å². The van der Waals surface area contributed by atoms with E-state index in [0.717, 1.165) is 11.1 Å². The molecule has 0 heterocycles. The fraction of sp³-hybridized carbons (Fsp3) is 0.333. The highest BCUT2D eigenvalue weighted by Gasteiger charge is 1.64. The summed E-state index contributed by atoms with van der Waals surface area (Å²) in [4.78, 5) is 0. The summed E-state index contributed by atoms with van der Waals surface area (Å²) in [5.74, 6) is 0. The third-order valence-corrected chi connectivity index (χ3v) is 0.902. The lowest BCUT2D eigenvalue weighted by atomic mass is 10.3. The Hall–Kier alpha value is -1.04. The minimum atomic E-state index is 1.11. The molecule has 0 aromatic heterocycles. The summed E-state index contributed by atoms with van der Waals surface area (Å²) in [6, 6.07) is 0. The predicted molar refractivity (Wildman–Crippen MR) is 59.3 cm³/mol. The van der Waals surface area contributed by atoms with Gasteiger partial charge in [0.25, 0.3) is 0 Å². The van der Waals surface area contributed by atoms with Crippen LogP contribution in [0.25, 0.3) is 0 Å². The highest BCUT2D eigenvalue weighted by Crippen LogP contribution is 1.85. The molecule has 12 heavy (non-hydrogen) atoms. The molecule has 0 saturated carbocycles. The Kier molecular flexibility index (Phi) is 11.2. The molecule has 0 bridgehead atoms. The van der Waals surface area contributed by atoms with Gasteiger partial charge < -0.3 is 0 Å². The summed E-state index contributed by atoms with van der Waals surface area (Å²) < 4.78 is 0. The molecule has 0 unspecified atom stereocenters. The Morgan fingerprint density at radius 2 is 1.08 bits per heavy atom. The first kappa shape index (κ1) is 13.5. The van der Waals surface area contributed by atoms with Crippen molar-refractivity contribution >= 4 is 0 Å². The van der Waals surface area contributed by atoms with Gasteiger partial charge in [-0.1, -0.05) is 48.6 Å². The van der Waals surface area contributed by atoms with E-state index in [1.807, 2.05) is 52.0 Å². The monoisotopic (exact) mass is 164 g/mol. The van der Waals surface area contributed by atoms with E-state index in [0.29, 0.717) is 0 Å². The van der Waals surface area contributed by atoms with E-state index in [-0.39, 0.29) is 0 Å². The first-order valence-corrected chi connectivity index (χ1v) is 4.11. The van der Waals surface area contributed by atoms with Gasteiger partial charge in [0.15, 0.2) is 0 Å². The summed E-state index contributed by atoms with van der Waals surface area (Å²) in [5, 5.41) is 0. The maximum atomic E-state index is 3.66. The van der Waals surface area contributed by atoms with Crippen LogP contribution in [0.15, 0.2) is 48.6 Å². The molecule has 0 aliphatic heterocycles. The quantitative estimate of drug-likeness (QED) is 0.534. The van der Waals surface area contributed by atoms with Crippen molar-refractivity contribution in [1.29, 1.82) is 0 Å². The van der Waals surface area contributed by atoms with Crippen LogP contribution in [0.1, 0.15) is 27.7 Å². The van der Waals surface area contributed by atoms with Crippen LogP contribution >= 0.6 is 0 Å². The largest absolute Gasteiger partial charge is 0.0961 e. The van der Waals surface area contributed by atoms with Crippen molar-refractivity contribution in [3.8, 4) is 0 Å². The molecule has 0 radical (unpaired) electrons. The molecular formula is C12H20. The second kappa shape index (κ2) is 9.96. The second-order valence-corrected chi connectivity index (χ2v) is 2.69. The zero-order valence-corrected chi connectivity index (χ0v) is 8.72. The molecule has 0 amide bonds. The van der Waals surface area contributed by atoms with E-state index in [4.69, 9.17) is 0 Å². The predicted octanol–water partition coefficient (Wildman–Crippen LogP) is 4.28. The zero-order chi connectivity index (χ0) is 9.98. The molecule has 68 valence electrons. The third kappa shape index (κ3) is 23.1. The molecule has 0 atom stereocenters. The molecule has 0 heteroatoms. The summed E-state index contributed by atoms with van der Waals surface area (Å²) in [6.45, 7) is 15.2. The van der Waals surface area contributed by atoms with E-state index in [1.165, 1.54) is 0 Å². The van der Waals surface area contributed by atoms with E-state index >= 15 is 0 Å². The Morgan fingerprint density at radius 3 is 1.08 bits per heavy atom. The van der Waals surface area contributed by atoms with Gasteiger partial charge in [0.1, 0.15) is 0 Å². The molecule has 0 rings (SSSR count). The summed E-state index contributed by atoms with van der Waals surface area (Å²) in [6.07, 6.45) is 7.89. The molecule has 0 saturated heterocycles. The Morgan fingerprint density at radius 1 is 0.833 bits per heavy atom. The average molecular weight is 164 g/mol. The summed E-state index contributed by atoms with van der Waals surface area (Å²) in [5.41, 5.74) is 2.22. The van der Waals surface area contributed by atoms with Crippen molar-refractivity contribution in [3.05, 3.63) is 48.6 Å². The SMILES string of the molecule is C=C(C)C=CC.C=C(C)C=CC. The van der Waals surface area contributed by atoms with Gasteiger partial charge in [-0.05, 0) is 27.7 Å². The number of rotatable bonds is 2. The summed E-state index contributed by atoms with van der Waals surface area (Å²) >= 11 is 0. The minimum absolute atomic E-state index is 1.11. The molecule has 0 nitrogen and oxygen atoms in total. The van der Waals surface area contributed by atoms with Crippen LogP contribution in [0.4, 0.5) is 0 Å². The Labute approximate surface area is 77.0 Å². The first-order chi connectivity index (χ1) is 5.54. The van der Waals surface area contributed by atoms with Gasteiger partial charge in [0, 0.05) is 0 Å². The van der Waals surface area contributed by atoms with Crippen LogP contribution in [0.5, 0.6) is 0 Å². The Bertz CT molecular complexity index is 158. The van der Waals surface area contributed by atoms with Crippen molar-refractivity contribution in [2.75, 3.05) is 0 Å². The highest BCUT2D eigenvalue weighted by atomic mass is 13.7. The number of allylic oxidation sites excluding steroid dienone is 6. The van der Waals surface area contributed by atoms with Gasteiger partial charge in [0.2, 0.25) is 0 Å². The van der Waals surface area contributed by atoms with Gasteiger partial charge in [-0.3, -0.25) is 0 Å². The van der Waals surface area contributed by atoms with Gasteiger partial charge in [-0.2, -0.15) is 0 Å². The molecular weight excluding hydrogens is 144 g/mol. The van der Waals surface area contributed by atoms with Crippen molar-refractivity contribution < 1.29 is 0 Å². The lowest BCUT2D eigenvalue weighted by Gasteiger charge is -1.75. The minimum Gasteiger partial charge on any atom is -0.0961 e.